The summed E-state index contributed by atoms with van der Waals surface area (Å²) in [7, 11) is 0. The van der Waals surface area contributed by atoms with Crippen molar-refractivity contribution in [2.45, 2.75) is 0 Å². The number of carbonyl (C=O) groups is 1. The summed E-state index contributed by atoms with van der Waals surface area (Å²) in [5.41, 5.74) is 5.03. The standard InChI is InChI=1S/C5H4N2O2/c6-1-3-4(8)2-9-5(3)7/h2,7H2. The van der Waals surface area contributed by atoms with Gasteiger partial charge in [0.2, 0.25) is 11.7 Å². The van der Waals surface area contributed by atoms with Gasteiger partial charge in [-0.2, -0.15) is 5.26 Å². The molecule has 1 aliphatic rings. The molecule has 0 amide bonds. The van der Waals surface area contributed by atoms with Crippen LogP contribution in [0.5, 0.6) is 0 Å². The average Bonchev–Trinajstić information content (AvgIpc) is 2.12. The molecule has 0 saturated heterocycles. The molecule has 0 aromatic heterocycles. The highest BCUT2D eigenvalue weighted by molar-refractivity contribution is 6.02. The van der Waals surface area contributed by atoms with Gasteiger partial charge in [0.1, 0.15) is 6.07 Å². The highest BCUT2D eigenvalue weighted by Gasteiger charge is 2.21. The summed E-state index contributed by atoms with van der Waals surface area (Å²) in [5.74, 6) is -0.391. The zero-order chi connectivity index (χ0) is 6.85. The van der Waals surface area contributed by atoms with E-state index in [4.69, 9.17) is 11.0 Å². The number of ether oxygens (including phenoxy) is 1. The lowest BCUT2D eigenvalue weighted by Crippen LogP contribution is -1.99. The van der Waals surface area contributed by atoms with Crippen molar-refractivity contribution in [3.8, 4) is 6.07 Å². The van der Waals surface area contributed by atoms with Gasteiger partial charge in [-0.05, 0) is 0 Å². The minimum absolute atomic E-state index is 0.0532. The second-order valence-corrected chi connectivity index (χ2v) is 1.56. The summed E-state index contributed by atoms with van der Waals surface area (Å²) in [5, 5.41) is 8.22. The molecule has 4 nitrogen and oxygen atoms in total. The lowest BCUT2D eigenvalue weighted by atomic mass is 10.2. The van der Waals surface area contributed by atoms with Crippen molar-refractivity contribution in [3.63, 3.8) is 0 Å². The summed E-state index contributed by atoms with van der Waals surface area (Å²) in [6.45, 7) is -0.0886. The Morgan fingerprint density at radius 2 is 2.44 bits per heavy atom. The molecule has 0 aromatic rings. The van der Waals surface area contributed by atoms with E-state index in [2.05, 4.69) is 4.74 Å². The van der Waals surface area contributed by atoms with Crippen molar-refractivity contribution in [2.24, 2.45) is 5.73 Å². The fourth-order valence-electron chi connectivity index (χ4n) is 0.542. The quantitative estimate of drug-likeness (QED) is 0.462. The van der Waals surface area contributed by atoms with Crippen LogP contribution in [0.3, 0.4) is 0 Å². The third-order valence-electron chi connectivity index (χ3n) is 0.996. The Bertz CT molecular complexity index is 224. The van der Waals surface area contributed by atoms with Gasteiger partial charge in [0.25, 0.3) is 0 Å². The molecule has 0 spiro atoms. The molecular weight excluding hydrogens is 120 g/mol. The molecule has 0 aliphatic carbocycles. The Hall–Kier alpha value is -1.50. The van der Waals surface area contributed by atoms with Crippen molar-refractivity contribution >= 4 is 5.78 Å². The van der Waals surface area contributed by atoms with Gasteiger partial charge in [0, 0.05) is 0 Å². The molecule has 1 rings (SSSR count). The van der Waals surface area contributed by atoms with Gasteiger partial charge in [-0.1, -0.05) is 0 Å². The number of rotatable bonds is 0. The van der Waals surface area contributed by atoms with E-state index in [1.165, 1.54) is 0 Å². The number of Topliss-reactive ketones (excluding diaryl/α,β-unsaturated/α-hetero) is 1. The van der Waals surface area contributed by atoms with Crippen LogP contribution in [-0.4, -0.2) is 12.4 Å². The fourth-order valence-corrected chi connectivity index (χ4v) is 0.542. The summed E-state index contributed by atoms with van der Waals surface area (Å²) < 4.78 is 4.55. The van der Waals surface area contributed by atoms with E-state index in [1.807, 2.05) is 0 Å². The second-order valence-electron chi connectivity index (χ2n) is 1.56. The molecule has 1 aliphatic heterocycles. The van der Waals surface area contributed by atoms with Crippen molar-refractivity contribution in [1.29, 1.82) is 5.26 Å². The third-order valence-corrected chi connectivity index (χ3v) is 0.996. The largest absolute Gasteiger partial charge is 0.470 e. The first-order valence-corrected chi connectivity index (χ1v) is 2.31. The zero-order valence-corrected chi connectivity index (χ0v) is 4.55. The topological polar surface area (TPSA) is 76.1 Å². The van der Waals surface area contributed by atoms with Gasteiger partial charge in [-0.25, -0.2) is 0 Å². The van der Waals surface area contributed by atoms with E-state index in [0.717, 1.165) is 0 Å². The minimum Gasteiger partial charge on any atom is -0.470 e. The van der Waals surface area contributed by atoms with E-state index in [9.17, 15) is 4.79 Å². The van der Waals surface area contributed by atoms with Gasteiger partial charge < -0.3 is 10.5 Å². The first-order valence-electron chi connectivity index (χ1n) is 2.31. The average molecular weight is 124 g/mol. The third kappa shape index (κ3) is 0.722. The summed E-state index contributed by atoms with van der Waals surface area (Å²) >= 11 is 0. The first kappa shape index (κ1) is 5.63. The second kappa shape index (κ2) is 1.78. The van der Waals surface area contributed by atoms with Crippen LogP contribution in [0.1, 0.15) is 0 Å². The summed E-state index contributed by atoms with van der Waals surface area (Å²) in [6.07, 6.45) is 0. The minimum atomic E-state index is -0.338. The molecule has 0 bridgehead atoms. The number of carbonyl (C=O) groups excluding carboxylic acids is 1. The van der Waals surface area contributed by atoms with Gasteiger partial charge in [0.05, 0.1) is 0 Å². The highest BCUT2D eigenvalue weighted by Crippen LogP contribution is 2.08. The molecular formula is C5H4N2O2. The predicted octanol–water partition coefficient (Wildman–Crippen LogP) is -0.720. The first-order chi connectivity index (χ1) is 4.25. The fraction of sp³-hybridized carbons (Fsp3) is 0.200. The molecule has 0 saturated carbocycles. The molecule has 0 unspecified atom stereocenters. The van der Waals surface area contributed by atoms with Gasteiger partial charge in [-0.15, -0.1) is 0 Å². The van der Waals surface area contributed by atoms with Crippen LogP contribution in [0.15, 0.2) is 11.5 Å². The molecule has 0 fully saturated rings. The molecule has 0 radical (unpaired) electrons. The van der Waals surface area contributed by atoms with Crippen LogP contribution in [0.25, 0.3) is 0 Å². The van der Waals surface area contributed by atoms with E-state index >= 15 is 0 Å². The highest BCUT2D eigenvalue weighted by atomic mass is 16.5. The van der Waals surface area contributed by atoms with Crippen LogP contribution in [0.4, 0.5) is 0 Å². The lowest BCUT2D eigenvalue weighted by molar-refractivity contribution is -0.116. The van der Waals surface area contributed by atoms with Crippen LogP contribution in [-0.2, 0) is 9.53 Å². The molecule has 0 aromatic carbocycles. The lowest BCUT2D eigenvalue weighted by Gasteiger charge is -1.88. The number of nitrogens with zero attached hydrogens (tertiary/aromatic N) is 1. The Morgan fingerprint density at radius 1 is 1.78 bits per heavy atom. The number of nitriles is 1. The van der Waals surface area contributed by atoms with Gasteiger partial charge in [-0.3, -0.25) is 4.79 Å². The molecule has 9 heavy (non-hydrogen) atoms. The van der Waals surface area contributed by atoms with Crippen molar-refractivity contribution in [1.82, 2.24) is 0 Å². The summed E-state index contributed by atoms with van der Waals surface area (Å²) in [6, 6.07) is 1.64. The molecule has 4 heteroatoms. The van der Waals surface area contributed by atoms with E-state index in [1.54, 1.807) is 6.07 Å². The maximum atomic E-state index is 10.5. The van der Waals surface area contributed by atoms with E-state index in [-0.39, 0.29) is 23.8 Å². The normalized spacial score (nSPS) is 17.4. The molecule has 0 atom stereocenters. The monoisotopic (exact) mass is 124 g/mol. The van der Waals surface area contributed by atoms with Crippen LogP contribution < -0.4 is 5.73 Å². The van der Waals surface area contributed by atoms with E-state index < -0.39 is 0 Å². The Morgan fingerprint density at radius 3 is 2.67 bits per heavy atom. The predicted molar refractivity (Wildman–Crippen MR) is 27.8 cm³/mol. The van der Waals surface area contributed by atoms with Crippen LogP contribution in [0.2, 0.25) is 0 Å². The van der Waals surface area contributed by atoms with Crippen molar-refractivity contribution < 1.29 is 9.53 Å². The maximum absolute atomic E-state index is 10.5. The van der Waals surface area contributed by atoms with Crippen LogP contribution >= 0.6 is 0 Å². The summed E-state index contributed by atoms with van der Waals surface area (Å²) in [4.78, 5) is 10.5. The number of hydrogen-bond donors (Lipinski definition) is 1. The molecule has 2 N–H and O–H groups in total. The Balaban J connectivity index is 2.99. The van der Waals surface area contributed by atoms with Gasteiger partial charge >= 0.3 is 0 Å². The number of hydrogen-bond acceptors (Lipinski definition) is 4. The van der Waals surface area contributed by atoms with E-state index in [0.29, 0.717) is 0 Å². The van der Waals surface area contributed by atoms with Gasteiger partial charge in [0.15, 0.2) is 12.2 Å². The zero-order valence-electron chi connectivity index (χ0n) is 4.55. The Labute approximate surface area is 51.5 Å². The number of ketones is 1. The molecule has 1 heterocycles. The smallest absolute Gasteiger partial charge is 0.216 e. The van der Waals surface area contributed by atoms with Crippen LogP contribution in [0, 0.1) is 11.3 Å². The number of nitrogens with two attached hydrogens (primary N) is 1. The Kier molecular flexibility index (Phi) is 1.12. The SMILES string of the molecule is N#CC1=C(N)OCC1=O. The maximum Gasteiger partial charge on any atom is 0.216 e. The van der Waals surface area contributed by atoms with Crippen molar-refractivity contribution in [2.75, 3.05) is 6.61 Å². The van der Waals surface area contributed by atoms with Crippen molar-refractivity contribution in [3.05, 3.63) is 11.5 Å². The molecule has 46 valence electrons.